The molecule has 1 amide bonds. The summed E-state index contributed by atoms with van der Waals surface area (Å²) in [7, 11) is 0. The Morgan fingerprint density at radius 1 is 1.20 bits per heavy atom. The molecule has 25 heavy (non-hydrogen) atoms. The molecule has 0 saturated heterocycles. The first-order chi connectivity index (χ1) is 11.9. The van der Waals surface area contributed by atoms with Gasteiger partial charge in [0.25, 0.3) is 5.91 Å². The lowest BCUT2D eigenvalue weighted by Crippen LogP contribution is -2.25. The minimum atomic E-state index is -0.393. The summed E-state index contributed by atoms with van der Waals surface area (Å²) in [4.78, 5) is 11.9. The monoisotopic (exact) mass is 342 g/mol. The summed E-state index contributed by atoms with van der Waals surface area (Å²) in [5.74, 6) is 0.125. The standard InChI is InChI=1S/C19H22N2O4/c1-12(2)15-6-4-13(3)8-18(15)25-11-19(24)21-20-10-14-5-7-16(22)17(23)9-14/h4-10,12,22-23H,11H2,1-3H3,(H,21,24)/b20-10+. The van der Waals surface area contributed by atoms with Gasteiger partial charge in [0.15, 0.2) is 18.1 Å². The summed E-state index contributed by atoms with van der Waals surface area (Å²) in [5.41, 5.74) is 5.00. The minimum absolute atomic E-state index is 0.151. The number of nitrogens with zero attached hydrogens (tertiary/aromatic N) is 1. The van der Waals surface area contributed by atoms with Gasteiger partial charge in [-0.1, -0.05) is 26.0 Å². The molecule has 0 aromatic heterocycles. The first-order valence-electron chi connectivity index (χ1n) is 7.94. The zero-order valence-corrected chi connectivity index (χ0v) is 14.5. The molecule has 132 valence electrons. The lowest BCUT2D eigenvalue weighted by molar-refractivity contribution is -0.123. The number of hydrogen-bond acceptors (Lipinski definition) is 5. The molecule has 6 heteroatoms. The van der Waals surface area contributed by atoms with Crippen LogP contribution >= 0.6 is 0 Å². The zero-order valence-electron chi connectivity index (χ0n) is 14.5. The van der Waals surface area contributed by atoms with E-state index in [-0.39, 0.29) is 18.1 Å². The molecule has 2 rings (SSSR count). The number of benzene rings is 2. The molecule has 0 aliphatic carbocycles. The lowest BCUT2D eigenvalue weighted by Gasteiger charge is -2.14. The van der Waals surface area contributed by atoms with Gasteiger partial charge in [-0.3, -0.25) is 4.79 Å². The van der Waals surface area contributed by atoms with E-state index in [1.165, 1.54) is 18.3 Å². The topological polar surface area (TPSA) is 91.2 Å². The molecule has 2 aromatic carbocycles. The van der Waals surface area contributed by atoms with E-state index in [2.05, 4.69) is 24.4 Å². The zero-order chi connectivity index (χ0) is 18.4. The fourth-order valence-corrected chi connectivity index (χ4v) is 2.22. The first-order valence-corrected chi connectivity index (χ1v) is 7.94. The lowest BCUT2D eigenvalue weighted by atomic mass is 10.0. The SMILES string of the molecule is Cc1ccc(C(C)C)c(OCC(=O)N/N=C/c2ccc(O)c(O)c2)c1. The van der Waals surface area contributed by atoms with Crippen molar-refractivity contribution in [2.75, 3.05) is 6.61 Å². The van der Waals surface area contributed by atoms with Gasteiger partial charge in [-0.25, -0.2) is 5.43 Å². The van der Waals surface area contributed by atoms with E-state index < -0.39 is 5.91 Å². The smallest absolute Gasteiger partial charge is 0.277 e. The van der Waals surface area contributed by atoms with Crippen molar-refractivity contribution >= 4 is 12.1 Å². The number of carbonyl (C=O) groups excluding carboxylic acids is 1. The fourth-order valence-electron chi connectivity index (χ4n) is 2.22. The molecule has 6 nitrogen and oxygen atoms in total. The molecular formula is C19H22N2O4. The van der Waals surface area contributed by atoms with Crippen LogP contribution in [-0.4, -0.2) is 28.9 Å². The van der Waals surface area contributed by atoms with Crippen LogP contribution in [0.5, 0.6) is 17.2 Å². The van der Waals surface area contributed by atoms with Crippen molar-refractivity contribution in [2.24, 2.45) is 5.10 Å². The number of phenolic OH excluding ortho intramolecular Hbond substituents is 2. The van der Waals surface area contributed by atoms with Gasteiger partial charge in [-0.05, 0) is 53.8 Å². The molecule has 0 spiro atoms. The second kappa shape index (κ2) is 8.19. The molecule has 0 aliphatic heterocycles. The highest BCUT2D eigenvalue weighted by Crippen LogP contribution is 2.27. The second-order valence-corrected chi connectivity index (χ2v) is 6.03. The van der Waals surface area contributed by atoms with Crippen LogP contribution in [0.1, 0.15) is 36.5 Å². The van der Waals surface area contributed by atoms with Crippen molar-refractivity contribution in [2.45, 2.75) is 26.7 Å². The maximum atomic E-state index is 11.9. The number of phenols is 2. The average Bonchev–Trinajstić information content (AvgIpc) is 2.56. The summed E-state index contributed by atoms with van der Waals surface area (Å²) in [6, 6.07) is 10.2. The van der Waals surface area contributed by atoms with Crippen LogP contribution in [0.2, 0.25) is 0 Å². The quantitative estimate of drug-likeness (QED) is 0.427. The van der Waals surface area contributed by atoms with Crippen LogP contribution in [0.15, 0.2) is 41.5 Å². The van der Waals surface area contributed by atoms with E-state index in [9.17, 15) is 15.0 Å². The molecule has 2 aromatic rings. The van der Waals surface area contributed by atoms with E-state index in [0.29, 0.717) is 17.2 Å². The van der Waals surface area contributed by atoms with Crippen molar-refractivity contribution in [3.8, 4) is 17.2 Å². The fraction of sp³-hybridized carbons (Fsp3) is 0.263. The van der Waals surface area contributed by atoms with Gasteiger partial charge in [-0.15, -0.1) is 0 Å². The Hall–Kier alpha value is -3.02. The Bertz CT molecular complexity index is 785. The van der Waals surface area contributed by atoms with E-state index in [4.69, 9.17) is 4.74 Å². The molecule has 0 heterocycles. The number of aromatic hydroxyl groups is 2. The van der Waals surface area contributed by atoms with Gasteiger partial charge in [0.2, 0.25) is 0 Å². The molecule has 0 fully saturated rings. The summed E-state index contributed by atoms with van der Waals surface area (Å²) >= 11 is 0. The van der Waals surface area contributed by atoms with Crippen LogP contribution in [-0.2, 0) is 4.79 Å². The van der Waals surface area contributed by atoms with Crippen molar-refractivity contribution < 1.29 is 19.7 Å². The molecule has 0 atom stereocenters. The maximum absolute atomic E-state index is 11.9. The second-order valence-electron chi connectivity index (χ2n) is 6.03. The van der Waals surface area contributed by atoms with Crippen LogP contribution in [0.4, 0.5) is 0 Å². The van der Waals surface area contributed by atoms with Crippen molar-refractivity contribution in [3.05, 3.63) is 53.1 Å². The van der Waals surface area contributed by atoms with Gasteiger partial charge < -0.3 is 14.9 Å². The van der Waals surface area contributed by atoms with E-state index in [1.54, 1.807) is 6.07 Å². The normalized spacial score (nSPS) is 11.0. The van der Waals surface area contributed by atoms with E-state index in [1.807, 2.05) is 25.1 Å². The number of carbonyl (C=O) groups is 1. The third kappa shape index (κ3) is 5.24. The van der Waals surface area contributed by atoms with Gasteiger partial charge >= 0.3 is 0 Å². The van der Waals surface area contributed by atoms with Crippen molar-refractivity contribution in [1.82, 2.24) is 5.43 Å². The molecule has 3 N–H and O–H groups in total. The predicted octanol–water partition coefficient (Wildman–Crippen LogP) is 3.06. The molecule has 0 bridgehead atoms. The highest BCUT2D eigenvalue weighted by molar-refractivity contribution is 5.83. The Morgan fingerprint density at radius 3 is 2.64 bits per heavy atom. The molecule has 0 unspecified atom stereocenters. The first kappa shape index (κ1) is 18.3. The van der Waals surface area contributed by atoms with Crippen LogP contribution < -0.4 is 10.2 Å². The summed E-state index contributed by atoms with van der Waals surface area (Å²) in [6.07, 6.45) is 1.36. The number of amides is 1. The van der Waals surface area contributed by atoms with Gasteiger partial charge in [-0.2, -0.15) is 5.10 Å². The van der Waals surface area contributed by atoms with Gasteiger partial charge in [0.1, 0.15) is 5.75 Å². The Labute approximate surface area is 146 Å². The molecule has 0 radical (unpaired) electrons. The third-order valence-electron chi connectivity index (χ3n) is 3.55. The number of hydrogen-bond donors (Lipinski definition) is 3. The Kier molecular flexibility index (Phi) is 6.00. The highest BCUT2D eigenvalue weighted by atomic mass is 16.5. The molecular weight excluding hydrogens is 320 g/mol. The number of ether oxygens (including phenoxy) is 1. The summed E-state index contributed by atoms with van der Waals surface area (Å²) < 4.78 is 5.62. The van der Waals surface area contributed by atoms with Crippen LogP contribution in [0, 0.1) is 6.92 Å². The highest BCUT2D eigenvalue weighted by Gasteiger charge is 2.10. The number of rotatable bonds is 6. The third-order valence-corrected chi connectivity index (χ3v) is 3.55. The average molecular weight is 342 g/mol. The van der Waals surface area contributed by atoms with E-state index >= 15 is 0 Å². The Balaban J connectivity index is 1.92. The molecule has 0 saturated carbocycles. The number of hydrazone groups is 1. The number of nitrogens with one attached hydrogen (secondary N) is 1. The van der Waals surface area contributed by atoms with Crippen molar-refractivity contribution in [3.63, 3.8) is 0 Å². The predicted molar refractivity (Wildman–Crippen MR) is 96.3 cm³/mol. The minimum Gasteiger partial charge on any atom is -0.504 e. The Morgan fingerprint density at radius 2 is 1.96 bits per heavy atom. The van der Waals surface area contributed by atoms with Crippen molar-refractivity contribution in [1.29, 1.82) is 0 Å². The largest absolute Gasteiger partial charge is 0.504 e. The summed E-state index contributed by atoms with van der Waals surface area (Å²) in [5, 5.41) is 22.4. The van der Waals surface area contributed by atoms with E-state index in [0.717, 1.165) is 11.1 Å². The van der Waals surface area contributed by atoms with Crippen LogP contribution in [0.25, 0.3) is 0 Å². The van der Waals surface area contributed by atoms with Crippen LogP contribution in [0.3, 0.4) is 0 Å². The van der Waals surface area contributed by atoms with Gasteiger partial charge in [0.05, 0.1) is 6.21 Å². The number of aryl methyl sites for hydroxylation is 1. The maximum Gasteiger partial charge on any atom is 0.277 e. The van der Waals surface area contributed by atoms with Gasteiger partial charge in [0, 0.05) is 0 Å². The summed E-state index contributed by atoms with van der Waals surface area (Å²) in [6.45, 7) is 5.94. The molecule has 0 aliphatic rings.